The number of nitrogens with zero attached hydrogens (tertiary/aromatic N) is 2. The van der Waals surface area contributed by atoms with Crippen molar-refractivity contribution in [3.05, 3.63) is 99.1 Å². The van der Waals surface area contributed by atoms with Gasteiger partial charge in [-0.15, -0.1) is 0 Å². The number of benzene rings is 3. The normalized spacial score (nSPS) is 10.6. The summed E-state index contributed by atoms with van der Waals surface area (Å²) in [6.45, 7) is 3.79. The number of nitro benzene ring substituents is 1. The Morgan fingerprint density at radius 3 is 2.27 bits per heavy atom. The molecule has 0 saturated carbocycles. The van der Waals surface area contributed by atoms with E-state index in [1.807, 2.05) is 26.0 Å². The van der Waals surface area contributed by atoms with Crippen LogP contribution in [0.15, 0.2) is 71.8 Å². The van der Waals surface area contributed by atoms with Gasteiger partial charge in [-0.25, -0.2) is 10.2 Å². The molecule has 9 heteroatoms. The van der Waals surface area contributed by atoms with Crippen molar-refractivity contribution in [3.8, 4) is 11.5 Å². The molecular weight excluding hydrogens is 426 g/mol. The quantitative estimate of drug-likeness (QED) is 0.183. The molecule has 0 aliphatic heterocycles. The van der Waals surface area contributed by atoms with Gasteiger partial charge in [0.1, 0.15) is 11.5 Å². The van der Waals surface area contributed by atoms with E-state index >= 15 is 0 Å². The summed E-state index contributed by atoms with van der Waals surface area (Å²) in [4.78, 5) is 34.2. The molecule has 0 saturated heterocycles. The van der Waals surface area contributed by atoms with E-state index in [9.17, 15) is 19.7 Å². The molecule has 0 radical (unpaired) electrons. The van der Waals surface area contributed by atoms with Gasteiger partial charge in [0.15, 0.2) is 6.61 Å². The third-order valence-corrected chi connectivity index (χ3v) is 4.66. The zero-order chi connectivity index (χ0) is 23.8. The summed E-state index contributed by atoms with van der Waals surface area (Å²) in [5.41, 5.74) is 5.35. The van der Waals surface area contributed by atoms with Gasteiger partial charge in [-0.3, -0.25) is 14.9 Å². The number of ether oxygens (including phenoxy) is 2. The summed E-state index contributed by atoms with van der Waals surface area (Å²) in [6, 6.07) is 17.1. The number of aryl methyl sites for hydroxylation is 2. The van der Waals surface area contributed by atoms with Crippen molar-refractivity contribution in [2.24, 2.45) is 5.10 Å². The van der Waals surface area contributed by atoms with Gasteiger partial charge in [0, 0.05) is 12.1 Å². The summed E-state index contributed by atoms with van der Waals surface area (Å²) in [5, 5.41) is 14.6. The van der Waals surface area contributed by atoms with Crippen molar-refractivity contribution in [1.29, 1.82) is 0 Å². The Morgan fingerprint density at radius 2 is 1.64 bits per heavy atom. The lowest BCUT2D eigenvalue weighted by molar-refractivity contribution is -0.384. The van der Waals surface area contributed by atoms with Crippen LogP contribution in [-0.2, 0) is 4.79 Å². The highest BCUT2D eigenvalue weighted by Gasteiger charge is 2.11. The fraction of sp³-hybridized carbons (Fsp3) is 0.125. The van der Waals surface area contributed by atoms with Crippen molar-refractivity contribution in [3.63, 3.8) is 0 Å². The first-order chi connectivity index (χ1) is 15.8. The maximum Gasteiger partial charge on any atom is 0.343 e. The molecule has 0 heterocycles. The van der Waals surface area contributed by atoms with Crippen molar-refractivity contribution >= 4 is 23.8 Å². The molecule has 0 spiro atoms. The molecule has 0 bridgehead atoms. The van der Waals surface area contributed by atoms with Crippen molar-refractivity contribution in [2.75, 3.05) is 6.61 Å². The molecule has 0 aliphatic rings. The van der Waals surface area contributed by atoms with Gasteiger partial charge in [-0.2, -0.15) is 5.10 Å². The minimum Gasteiger partial charge on any atom is -0.484 e. The molecule has 1 N–H and O–H groups in total. The molecule has 3 aromatic carbocycles. The molecule has 3 rings (SSSR count). The Bertz CT molecular complexity index is 1190. The Labute approximate surface area is 189 Å². The maximum atomic E-state index is 12.1. The second-order valence-corrected chi connectivity index (χ2v) is 7.09. The average molecular weight is 447 g/mol. The van der Waals surface area contributed by atoms with Crippen molar-refractivity contribution < 1.29 is 24.0 Å². The summed E-state index contributed by atoms with van der Waals surface area (Å²) in [6.07, 6.45) is 1.44. The largest absolute Gasteiger partial charge is 0.484 e. The third kappa shape index (κ3) is 6.73. The van der Waals surface area contributed by atoms with Gasteiger partial charge in [0.25, 0.3) is 11.6 Å². The predicted octanol–water partition coefficient (Wildman–Crippen LogP) is 3.96. The first kappa shape index (κ1) is 23.1. The number of carbonyl (C=O) groups is 2. The van der Waals surface area contributed by atoms with Crippen LogP contribution in [0.1, 0.15) is 27.0 Å². The summed E-state index contributed by atoms with van der Waals surface area (Å²) in [5.74, 6) is -0.141. The van der Waals surface area contributed by atoms with E-state index < -0.39 is 16.8 Å². The maximum absolute atomic E-state index is 12.1. The van der Waals surface area contributed by atoms with Crippen LogP contribution in [0.4, 0.5) is 5.69 Å². The van der Waals surface area contributed by atoms with Crippen LogP contribution in [0, 0.1) is 24.0 Å². The van der Waals surface area contributed by atoms with E-state index in [0.29, 0.717) is 17.1 Å². The fourth-order valence-corrected chi connectivity index (χ4v) is 2.67. The van der Waals surface area contributed by atoms with Crippen LogP contribution in [0.25, 0.3) is 0 Å². The number of non-ortho nitro benzene ring substituents is 1. The highest BCUT2D eigenvalue weighted by atomic mass is 16.6. The van der Waals surface area contributed by atoms with Gasteiger partial charge in [0.05, 0.1) is 16.7 Å². The van der Waals surface area contributed by atoms with Gasteiger partial charge in [-0.05, 0) is 79.1 Å². The third-order valence-electron chi connectivity index (χ3n) is 4.66. The molecule has 1 amide bonds. The molecule has 0 fully saturated rings. The van der Waals surface area contributed by atoms with E-state index in [2.05, 4.69) is 10.5 Å². The van der Waals surface area contributed by atoms with Crippen LogP contribution in [0.2, 0.25) is 0 Å². The second kappa shape index (κ2) is 10.7. The molecule has 0 atom stereocenters. The van der Waals surface area contributed by atoms with Crippen molar-refractivity contribution in [1.82, 2.24) is 5.43 Å². The lowest BCUT2D eigenvalue weighted by atomic mass is 10.1. The standard InChI is InChI=1S/C24H21N3O6/c1-16-3-10-22(13-17(16)2)32-15-23(28)26-25-14-18-4-11-21(12-5-18)33-24(29)19-6-8-20(9-7-19)27(30)31/h3-14H,15H2,1-2H3,(H,26,28)/b25-14-. The molecule has 33 heavy (non-hydrogen) atoms. The Balaban J connectivity index is 1.47. The SMILES string of the molecule is Cc1ccc(OCC(=O)N/N=C\c2ccc(OC(=O)c3ccc([N+](=O)[O-])cc3)cc2)cc1C. The zero-order valence-corrected chi connectivity index (χ0v) is 18.0. The number of carbonyl (C=O) groups excluding carboxylic acids is 2. The fourth-order valence-electron chi connectivity index (χ4n) is 2.67. The second-order valence-electron chi connectivity index (χ2n) is 7.09. The molecule has 3 aromatic rings. The molecule has 168 valence electrons. The van der Waals surface area contributed by atoms with E-state index in [4.69, 9.17) is 9.47 Å². The molecule has 0 aliphatic carbocycles. The minimum absolute atomic E-state index is 0.112. The monoisotopic (exact) mass is 447 g/mol. The number of hydrogen-bond donors (Lipinski definition) is 1. The first-order valence-corrected chi connectivity index (χ1v) is 9.90. The minimum atomic E-state index is -0.637. The average Bonchev–Trinajstić information content (AvgIpc) is 2.81. The lowest BCUT2D eigenvalue weighted by Crippen LogP contribution is -2.24. The Kier molecular flexibility index (Phi) is 7.48. The lowest BCUT2D eigenvalue weighted by Gasteiger charge is -2.07. The van der Waals surface area contributed by atoms with Crippen molar-refractivity contribution in [2.45, 2.75) is 13.8 Å². The summed E-state index contributed by atoms with van der Waals surface area (Å²) in [7, 11) is 0. The highest BCUT2D eigenvalue weighted by molar-refractivity contribution is 5.91. The zero-order valence-electron chi connectivity index (χ0n) is 18.0. The Morgan fingerprint density at radius 1 is 0.970 bits per heavy atom. The van der Waals surface area contributed by atoms with Crippen LogP contribution in [0.5, 0.6) is 11.5 Å². The first-order valence-electron chi connectivity index (χ1n) is 9.90. The van der Waals surface area contributed by atoms with Gasteiger partial charge in [0.2, 0.25) is 0 Å². The van der Waals surface area contributed by atoms with Gasteiger partial charge >= 0.3 is 5.97 Å². The number of hydrazone groups is 1. The summed E-state index contributed by atoms with van der Waals surface area (Å²) >= 11 is 0. The number of amides is 1. The molecule has 0 unspecified atom stereocenters. The van der Waals surface area contributed by atoms with Gasteiger partial charge < -0.3 is 9.47 Å². The van der Waals surface area contributed by atoms with Crippen LogP contribution >= 0.6 is 0 Å². The summed E-state index contributed by atoms with van der Waals surface area (Å²) < 4.78 is 10.7. The van der Waals surface area contributed by atoms with E-state index in [0.717, 1.165) is 11.1 Å². The molecule has 9 nitrogen and oxygen atoms in total. The number of rotatable bonds is 8. The smallest absolute Gasteiger partial charge is 0.343 e. The number of nitro groups is 1. The van der Waals surface area contributed by atoms with Crippen LogP contribution in [0.3, 0.4) is 0 Å². The number of esters is 1. The van der Waals surface area contributed by atoms with E-state index in [1.165, 1.54) is 30.5 Å². The number of nitrogens with one attached hydrogen (secondary N) is 1. The van der Waals surface area contributed by atoms with Crippen LogP contribution in [-0.4, -0.2) is 29.6 Å². The topological polar surface area (TPSA) is 120 Å². The molecule has 0 aromatic heterocycles. The number of hydrogen-bond acceptors (Lipinski definition) is 7. The van der Waals surface area contributed by atoms with Crippen LogP contribution < -0.4 is 14.9 Å². The van der Waals surface area contributed by atoms with E-state index in [-0.39, 0.29) is 17.9 Å². The molecular formula is C24H21N3O6. The van der Waals surface area contributed by atoms with E-state index in [1.54, 1.807) is 30.3 Å². The highest BCUT2D eigenvalue weighted by Crippen LogP contribution is 2.17. The van der Waals surface area contributed by atoms with Gasteiger partial charge in [-0.1, -0.05) is 6.07 Å². The Hall–Kier alpha value is -4.53. The predicted molar refractivity (Wildman–Crippen MR) is 122 cm³/mol.